The van der Waals surface area contributed by atoms with E-state index >= 15 is 0 Å². The third-order valence-corrected chi connectivity index (χ3v) is 5.58. The molecule has 0 atom stereocenters. The molecule has 0 aliphatic carbocycles. The van der Waals surface area contributed by atoms with E-state index in [0.717, 1.165) is 12.8 Å². The summed E-state index contributed by atoms with van der Waals surface area (Å²) >= 11 is 7.07. The Morgan fingerprint density at radius 2 is 1.93 bits per heavy atom. The molecule has 146 valence electrons. The number of carbonyl (C=O) groups is 2. The van der Waals surface area contributed by atoms with E-state index in [4.69, 9.17) is 11.6 Å². The van der Waals surface area contributed by atoms with Crippen molar-refractivity contribution >= 4 is 52.2 Å². The predicted molar refractivity (Wildman–Crippen MR) is 111 cm³/mol. The van der Waals surface area contributed by atoms with Crippen LogP contribution in [-0.2, 0) is 0 Å². The average Bonchev–Trinajstić information content (AvgIpc) is 3.09. The Hall–Kier alpha value is -1.80. The van der Waals surface area contributed by atoms with Gasteiger partial charge in [-0.3, -0.25) is 9.59 Å². The number of aromatic hydroxyl groups is 1. The number of nitrogens with zero attached hydrogens (tertiary/aromatic N) is 1. The number of phenolic OH excluding ortho intramolecular Hbond substituents is 1. The highest BCUT2D eigenvalue weighted by molar-refractivity contribution is 7.14. The minimum absolute atomic E-state index is 0. The zero-order chi connectivity index (χ0) is 18.7. The molecule has 2 aromatic rings. The quantitative estimate of drug-likeness (QED) is 0.693. The van der Waals surface area contributed by atoms with Crippen LogP contribution in [0, 0.1) is 0 Å². The van der Waals surface area contributed by atoms with E-state index in [-0.39, 0.29) is 29.6 Å². The largest absolute Gasteiger partial charge is 0.507 e. The standard InChI is InChI=1S/C18H20ClN3O3S.ClH/c1-20-12-4-7-22(8-5-12)18(25)14-6-9-26-17(14)21-16(24)13-3-2-11(19)10-15(13)23;/h2-3,6,9-10,12,20,23H,4-5,7-8H2,1H3,(H,21,24);1H. The second-order valence-electron chi connectivity index (χ2n) is 6.13. The molecule has 1 fully saturated rings. The van der Waals surface area contributed by atoms with E-state index in [1.807, 2.05) is 11.9 Å². The van der Waals surface area contributed by atoms with Crippen LogP contribution in [0.5, 0.6) is 5.75 Å². The first kappa shape index (κ1) is 21.5. The number of rotatable bonds is 4. The number of halogens is 2. The van der Waals surface area contributed by atoms with Crippen molar-refractivity contribution in [1.29, 1.82) is 0 Å². The molecular weight excluding hydrogens is 409 g/mol. The molecular formula is C18H21Cl2N3O3S. The van der Waals surface area contributed by atoms with Crippen LogP contribution in [0.25, 0.3) is 0 Å². The Morgan fingerprint density at radius 1 is 1.22 bits per heavy atom. The van der Waals surface area contributed by atoms with Gasteiger partial charge in [0.05, 0.1) is 11.1 Å². The summed E-state index contributed by atoms with van der Waals surface area (Å²) in [5.74, 6) is -0.769. The summed E-state index contributed by atoms with van der Waals surface area (Å²) in [5.41, 5.74) is 0.579. The molecule has 1 aromatic heterocycles. The highest BCUT2D eigenvalue weighted by Gasteiger charge is 2.25. The number of piperidine rings is 1. The fourth-order valence-electron chi connectivity index (χ4n) is 2.98. The Morgan fingerprint density at radius 3 is 2.56 bits per heavy atom. The zero-order valence-corrected chi connectivity index (χ0v) is 17.1. The van der Waals surface area contributed by atoms with Gasteiger partial charge in [0.1, 0.15) is 10.8 Å². The van der Waals surface area contributed by atoms with Crippen LogP contribution in [0.1, 0.15) is 33.6 Å². The maximum atomic E-state index is 12.8. The first-order valence-corrected chi connectivity index (χ1v) is 9.59. The fraction of sp³-hybridized carbons (Fsp3) is 0.333. The molecule has 6 nitrogen and oxygen atoms in total. The Bertz CT molecular complexity index is 820. The van der Waals surface area contributed by atoms with E-state index in [1.54, 1.807) is 11.4 Å². The van der Waals surface area contributed by atoms with Crippen LogP contribution in [0.3, 0.4) is 0 Å². The van der Waals surface area contributed by atoms with Gasteiger partial charge in [0.25, 0.3) is 11.8 Å². The number of hydrogen-bond donors (Lipinski definition) is 3. The summed E-state index contributed by atoms with van der Waals surface area (Å²) in [6.45, 7) is 1.37. The third-order valence-electron chi connectivity index (χ3n) is 4.52. The number of amides is 2. The number of thiophene rings is 1. The second kappa shape index (κ2) is 9.41. The molecule has 0 bridgehead atoms. The van der Waals surface area contributed by atoms with Gasteiger partial charge in [-0.25, -0.2) is 0 Å². The molecule has 0 radical (unpaired) electrons. The van der Waals surface area contributed by atoms with Gasteiger partial charge >= 0.3 is 0 Å². The summed E-state index contributed by atoms with van der Waals surface area (Å²) in [4.78, 5) is 27.0. The lowest BCUT2D eigenvalue weighted by Gasteiger charge is -2.31. The molecule has 2 heterocycles. The summed E-state index contributed by atoms with van der Waals surface area (Å²) in [6, 6.07) is 6.44. The highest BCUT2D eigenvalue weighted by atomic mass is 35.5. The van der Waals surface area contributed by atoms with Gasteiger partial charge in [0.2, 0.25) is 0 Å². The fourth-order valence-corrected chi connectivity index (χ4v) is 3.92. The van der Waals surface area contributed by atoms with Crippen molar-refractivity contribution in [3.63, 3.8) is 0 Å². The molecule has 1 aliphatic rings. The normalized spacial score (nSPS) is 14.5. The molecule has 2 amide bonds. The maximum absolute atomic E-state index is 12.8. The Balaban J connectivity index is 0.00000261. The zero-order valence-electron chi connectivity index (χ0n) is 14.7. The molecule has 9 heteroatoms. The molecule has 0 spiro atoms. The molecule has 0 saturated carbocycles. The van der Waals surface area contributed by atoms with Crippen LogP contribution in [-0.4, -0.2) is 48.0 Å². The predicted octanol–water partition coefficient (Wildman–Crippen LogP) is 3.61. The van der Waals surface area contributed by atoms with E-state index in [2.05, 4.69) is 10.6 Å². The minimum atomic E-state index is -0.482. The van der Waals surface area contributed by atoms with Gasteiger partial charge in [-0.2, -0.15) is 0 Å². The maximum Gasteiger partial charge on any atom is 0.260 e. The van der Waals surface area contributed by atoms with Crippen LogP contribution in [0.15, 0.2) is 29.6 Å². The number of nitrogens with one attached hydrogen (secondary N) is 2. The van der Waals surface area contributed by atoms with Gasteiger partial charge in [-0.05, 0) is 49.5 Å². The number of hydrogen-bond acceptors (Lipinski definition) is 5. The lowest BCUT2D eigenvalue weighted by molar-refractivity contribution is 0.0709. The minimum Gasteiger partial charge on any atom is -0.507 e. The summed E-state index contributed by atoms with van der Waals surface area (Å²) < 4.78 is 0. The molecule has 1 saturated heterocycles. The highest BCUT2D eigenvalue weighted by Crippen LogP contribution is 2.28. The topological polar surface area (TPSA) is 81.7 Å². The molecule has 3 N–H and O–H groups in total. The average molecular weight is 430 g/mol. The SMILES string of the molecule is CNC1CCN(C(=O)c2ccsc2NC(=O)c2ccc(Cl)cc2O)CC1.Cl. The van der Waals surface area contributed by atoms with Gasteiger partial charge in [-0.1, -0.05) is 11.6 Å². The van der Waals surface area contributed by atoms with E-state index in [0.29, 0.717) is 34.7 Å². The summed E-state index contributed by atoms with van der Waals surface area (Å²) in [6.07, 6.45) is 1.82. The van der Waals surface area contributed by atoms with Gasteiger partial charge in [-0.15, -0.1) is 23.7 Å². The third kappa shape index (κ3) is 4.93. The van der Waals surface area contributed by atoms with Crippen molar-refractivity contribution in [3.05, 3.63) is 45.8 Å². The van der Waals surface area contributed by atoms with Crippen LogP contribution < -0.4 is 10.6 Å². The lowest BCUT2D eigenvalue weighted by Crippen LogP contribution is -2.44. The second-order valence-corrected chi connectivity index (χ2v) is 7.49. The number of benzene rings is 1. The van der Waals surface area contributed by atoms with Crippen LogP contribution in [0.4, 0.5) is 5.00 Å². The number of phenols is 1. The number of likely N-dealkylation sites (tertiary alicyclic amines) is 1. The van der Waals surface area contributed by atoms with Crippen molar-refractivity contribution in [2.75, 3.05) is 25.5 Å². The smallest absolute Gasteiger partial charge is 0.260 e. The monoisotopic (exact) mass is 429 g/mol. The molecule has 1 aromatic carbocycles. The van der Waals surface area contributed by atoms with Crippen molar-refractivity contribution in [1.82, 2.24) is 10.2 Å². The molecule has 0 unspecified atom stereocenters. The Kier molecular flexibility index (Phi) is 7.49. The molecule has 27 heavy (non-hydrogen) atoms. The summed E-state index contributed by atoms with van der Waals surface area (Å²) in [5, 5.41) is 18.4. The molecule has 3 rings (SSSR count). The van der Waals surface area contributed by atoms with Crippen LogP contribution >= 0.6 is 35.3 Å². The number of carbonyl (C=O) groups excluding carboxylic acids is 2. The number of anilines is 1. The van der Waals surface area contributed by atoms with E-state index in [1.165, 1.54) is 29.5 Å². The van der Waals surface area contributed by atoms with E-state index < -0.39 is 5.91 Å². The summed E-state index contributed by atoms with van der Waals surface area (Å²) in [7, 11) is 1.93. The van der Waals surface area contributed by atoms with Crippen molar-refractivity contribution in [2.45, 2.75) is 18.9 Å². The first-order valence-electron chi connectivity index (χ1n) is 8.33. The van der Waals surface area contributed by atoms with Gasteiger partial charge in [0, 0.05) is 24.2 Å². The van der Waals surface area contributed by atoms with Gasteiger partial charge in [0.15, 0.2) is 0 Å². The lowest BCUT2D eigenvalue weighted by atomic mass is 10.0. The van der Waals surface area contributed by atoms with E-state index in [9.17, 15) is 14.7 Å². The van der Waals surface area contributed by atoms with Crippen molar-refractivity contribution < 1.29 is 14.7 Å². The first-order chi connectivity index (χ1) is 12.5. The van der Waals surface area contributed by atoms with Crippen LogP contribution in [0.2, 0.25) is 5.02 Å². The van der Waals surface area contributed by atoms with Crippen molar-refractivity contribution in [3.8, 4) is 5.75 Å². The molecule has 1 aliphatic heterocycles. The van der Waals surface area contributed by atoms with Gasteiger partial charge < -0.3 is 20.6 Å². The van der Waals surface area contributed by atoms with Crippen molar-refractivity contribution in [2.24, 2.45) is 0 Å². The Labute approximate surface area is 172 Å².